The Balaban J connectivity index is 2.21. The fraction of sp³-hybridized carbons (Fsp3) is 0.500. The van der Waals surface area contributed by atoms with Crippen LogP contribution >= 0.6 is 11.6 Å². The van der Waals surface area contributed by atoms with Crippen LogP contribution in [0.4, 0.5) is 4.39 Å². The van der Waals surface area contributed by atoms with Crippen molar-refractivity contribution in [2.24, 2.45) is 5.73 Å². The molecule has 1 aliphatic heterocycles. The zero-order chi connectivity index (χ0) is 12.3. The van der Waals surface area contributed by atoms with Gasteiger partial charge in [-0.3, -0.25) is 4.90 Å². The predicted molar refractivity (Wildman–Crippen MR) is 65.6 cm³/mol. The van der Waals surface area contributed by atoms with E-state index in [4.69, 9.17) is 22.1 Å². The summed E-state index contributed by atoms with van der Waals surface area (Å²) in [5, 5.41) is 0.406. The minimum absolute atomic E-state index is 0.101. The molecule has 0 aromatic heterocycles. The second-order valence-electron chi connectivity index (χ2n) is 4.07. The van der Waals surface area contributed by atoms with Crippen LogP contribution in [0.3, 0.4) is 0 Å². The molecule has 1 saturated heterocycles. The lowest BCUT2D eigenvalue weighted by Crippen LogP contribution is -2.42. The van der Waals surface area contributed by atoms with Gasteiger partial charge in [0.05, 0.1) is 19.3 Å². The molecule has 0 saturated carbocycles. The molecule has 1 aliphatic rings. The first-order chi connectivity index (χ1) is 8.22. The van der Waals surface area contributed by atoms with E-state index < -0.39 is 0 Å². The Kier molecular flexibility index (Phi) is 4.34. The van der Waals surface area contributed by atoms with E-state index in [2.05, 4.69) is 4.90 Å². The van der Waals surface area contributed by atoms with Crippen molar-refractivity contribution >= 4 is 11.6 Å². The lowest BCUT2D eigenvalue weighted by atomic mass is 10.0. The maximum atomic E-state index is 13.8. The van der Waals surface area contributed by atoms with E-state index in [0.29, 0.717) is 30.3 Å². The smallest absolute Gasteiger partial charge is 0.129 e. The third kappa shape index (κ3) is 2.96. The number of halogens is 2. The summed E-state index contributed by atoms with van der Waals surface area (Å²) in [6.07, 6.45) is 0. The lowest BCUT2D eigenvalue weighted by molar-refractivity contribution is 0.0172. The average molecular weight is 259 g/mol. The van der Waals surface area contributed by atoms with Crippen LogP contribution in [0, 0.1) is 5.82 Å². The van der Waals surface area contributed by atoms with Gasteiger partial charge in [0.25, 0.3) is 0 Å². The van der Waals surface area contributed by atoms with E-state index in [1.54, 1.807) is 12.1 Å². The van der Waals surface area contributed by atoms with Crippen LogP contribution in [0.25, 0.3) is 0 Å². The van der Waals surface area contributed by atoms with Gasteiger partial charge in [-0.05, 0) is 12.1 Å². The van der Waals surface area contributed by atoms with Gasteiger partial charge in [0.1, 0.15) is 5.82 Å². The molecule has 2 rings (SSSR count). The van der Waals surface area contributed by atoms with Gasteiger partial charge >= 0.3 is 0 Å². The van der Waals surface area contributed by atoms with E-state index in [1.165, 1.54) is 6.07 Å². The number of ether oxygens (including phenoxy) is 1. The Morgan fingerprint density at radius 1 is 1.41 bits per heavy atom. The molecular formula is C12H16ClFN2O. The minimum atomic E-state index is -0.292. The van der Waals surface area contributed by atoms with Crippen LogP contribution in [-0.2, 0) is 4.74 Å². The first kappa shape index (κ1) is 12.8. The van der Waals surface area contributed by atoms with Crippen molar-refractivity contribution in [1.29, 1.82) is 0 Å². The van der Waals surface area contributed by atoms with Gasteiger partial charge in [0, 0.05) is 30.2 Å². The maximum absolute atomic E-state index is 13.8. The first-order valence-corrected chi connectivity index (χ1v) is 6.07. The van der Waals surface area contributed by atoms with Crippen LogP contribution in [0.15, 0.2) is 18.2 Å². The van der Waals surface area contributed by atoms with E-state index in [1.807, 2.05) is 0 Å². The topological polar surface area (TPSA) is 38.5 Å². The Bertz CT molecular complexity index is 383. The second kappa shape index (κ2) is 5.78. The van der Waals surface area contributed by atoms with Crippen molar-refractivity contribution in [2.45, 2.75) is 6.04 Å². The Hall–Kier alpha value is -0.680. The number of nitrogens with zero attached hydrogens (tertiary/aromatic N) is 1. The van der Waals surface area contributed by atoms with Gasteiger partial charge < -0.3 is 10.5 Å². The average Bonchev–Trinajstić information content (AvgIpc) is 2.34. The van der Waals surface area contributed by atoms with Gasteiger partial charge in [-0.2, -0.15) is 0 Å². The van der Waals surface area contributed by atoms with E-state index in [0.717, 1.165) is 13.1 Å². The molecule has 1 atom stereocenters. The summed E-state index contributed by atoms with van der Waals surface area (Å²) in [6, 6.07) is 4.64. The quantitative estimate of drug-likeness (QED) is 0.899. The first-order valence-electron chi connectivity index (χ1n) is 5.69. The highest BCUT2D eigenvalue weighted by Crippen LogP contribution is 2.25. The summed E-state index contributed by atoms with van der Waals surface area (Å²) in [7, 11) is 0. The summed E-state index contributed by atoms with van der Waals surface area (Å²) in [6.45, 7) is 3.30. The summed E-state index contributed by atoms with van der Waals surface area (Å²) < 4.78 is 19.1. The number of hydrogen-bond donors (Lipinski definition) is 1. The van der Waals surface area contributed by atoms with Crippen LogP contribution in [-0.4, -0.2) is 37.7 Å². The van der Waals surface area contributed by atoms with Crippen LogP contribution < -0.4 is 5.73 Å². The lowest BCUT2D eigenvalue weighted by Gasteiger charge is -2.34. The Labute approximate surface area is 105 Å². The highest BCUT2D eigenvalue weighted by molar-refractivity contribution is 6.30. The minimum Gasteiger partial charge on any atom is -0.379 e. The number of benzene rings is 1. The molecule has 17 heavy (non-hydrogen) atoms. The van der Waals surface area contributed by atoms with Crippen LogP contribution in [0.5, 0.6) is 0 Å². The predicted octanol–water partition coefficient (Wildman–Crippen LogP) is 1.81. The number of rotatable bonds is 3. The summed E-state index contributed by atoms with van der Waals surface area (Å²) in [5.41, 5.74) is 6.37. The molecule has 0 aliphatic carbocycles. The van der Waals surface area contributed by atoms with Crippen molar-refractivity contribution in [2.75, 3.05) is 32.8 Å². The van der Waals surface area contributed by atoms with E-state index in [-0.39, 0.29) is 11.9 Å². The molecule has 0 radical (unpaired) electrons. The van der Waals surface area contributed by atoms with Crippen LogP contribution in [0.1, 0.15) is 11.6 Å². The van der Waals surface area contributed by atoms with Gasteiger partial charge in [-0.1, -0.05) is 17.7 Å². The van der Waals surface area contributed by atoms with E-state index in [9.17, 15) is 4.39 Å². The van der Waals surface area contributed by atoms with Gasteiger partial charge in [0.15, 0.2) is 0 Å². The molecule has 1 aromatic carbocycles. The molecular weight excluding hydrogens is 243 g/mol. The largest absolute Gasteiger partial charge is 0.379 e. The molecule has 94 valence electrons. The van der Waals surface area contributed by atoms with Crippen molar-refractivity contribution in [1.82, 2.24) is 4.90 Å². The molecule has 0 amide bonds. The van der Waals surface area contributed by atoms with Crippen molar-refractivity contribution in [3.63, 3.8) is 0 Å². The summed E-state index contributed by atoms with van der Waals surface area (Å²) >= 11 is 5.75. The molecule has 0 bridgehead atoms. The SMILES string of the molecule is NCC(c1ccc(Cl)cc1F)N1CCOCC1. The monoisotopic (exact) mass is 258 g/mol. The third-order valence-corrected chi connectivity index (χ3v) is 3.27. The molecule has 1 aromatic rings. The zero-order valence-electron chi connectivity index (χ0n) is 9.53. The highest BCUT2D eigenvalue weighted by atomic mass is 35.5. The maximum Gasteiger partial charge on any atom is 0.129 e. The highest BCUT2D eigenvalue weighted by Gasteiger charge is 2.23. The van der Waals surface area contributed by atoms with E-state index >= 15 is 0 Å². The van der Waals surface area contributed by atoms with Gasteiger partial charge in [0.2, 0.25) is 0 Å². The Morgan fingerprint density at radius 3 is 2.71 bits per heavy atom. The van der Waals surface area contributed by atoms with Gasteiger partial charge in [-0.15, -0.1) is 0 Å². The van der Waals surface area contributed by atoms with Crippen molar-refractivity contribution in [3.05, 3.63) is 34.6 Å². The standard InChI is InChI=1S/C12H16ClFN2O/c13-9-1-2-10(11(14)7-9)12(8-15)16-3-5-17-6-4-16/h1-2,7,12H,3-6,8,15H2. The fourth-order valence-electron chi connectivity index (χ4n) is 2.13. The molecule has 1 unspecified atom stereocenters. The summed E-state index contributed by atoms with van der Waals surface area (Å²) in [4.78, 5) is 2.15. The number of morpholine rings is 1. The molecule has 1 heterocycles. The fourth-order valence-corrected chi connectivity index (χ4v) is 2.29. The third-order valence-electron chi connectivity index (χ3n) is 3.03. The number of nitrogens with two attached hydrogens (primary N) is 1. The zero-order valence-corrected chi connectivity index (χ0v) is 10.3. The summed E-state index contributed by atoms with van der Waals surface area (Å²) in [5.74, 6) is -0.292. The van der Waals surface area contributed by atoms with Crippen molar-refractivity contribution in [3.8, 4) is 0 Å². The molecule has 0 spiro atoms. The number of hydrogen-bond acceptors (Lipinski definition) is 3. The second-order valence-corrected chi connectivity index (χ2v) is 4.50. The van der Waals surface area contributed by atoms with Gasteiger partial charge in [-0.25, -0.2) is 4.39 Å². The Morgan fingerprint density at radius 2 is 2.12 bits per heavy atom. The molecule has 5 heteroatoms. The van der Waals surface area contributed by atoms with Crippen LogP contribution in [0.2, 0.25) is 5.02 Å². The normalized spacial score (nSPS) is 19.2. The molecule has 2 N–H and O–H groups in total. The molecule has 1 fully saturated rings. The van der Waals surface area contributed by atoms with Crippen molar-refractivity contribution < 1.29 is 9.13 Å². The molecule has 3 nitrogen and oxygen atoms in total.